The summed E-state index contributed by atoms with van der Waals surface area (Å²) in [6.07, 6.45) is 6.13. The van der Waals surface area contributed by atoms with E-state index in [9.17, 15) is 0 Å². The van der Waals surface area contributed by atoms with Crippen molar-refractivity contribution in [3.05, 3.63) is 11.6 Å². The Balaban J connectivity index is 2.59. The van der Waals surface area contributed by atoms with Crippen molar-refractivity contribution in [3.8, 4) is 0 Å². The maximum Gasteiger partial charge on any atom is 0.132 e. The number of nitrogens with zero attached hydrogens (tertiary/aromatic N) is 1. The second-order valence-electron chi connectivity index (χ2n) is 4.85. The minimum Gasteiger partial charge on any atom is -0.395 e. The molecule has 3 heteroatoms. The van der Waals surface area contributed by atoms with Crippen LogP contribution in [0.2, 0.25) is 0 Å². The second-order valence-corrected chi connectivity index (χ2v) is 4.85. The summed E-state index contributed by atoms with van der Waals surface area (Å²) >= 11 is 0. The highest BCUT2D eigenvalue weighted by Crippen LogP contribution is 2.21. The van der Waals surface area contributed by atoms with Crippen LogP contribution in [-0.2, 0) is 4.74 Å². The smallest absolute Gasteiger partial charge is 0.132 e. The summed E-state index contributed by atoms with van der Waals surface area (Å²) in [5.41, 5.74) is 1.30. The number of ether oxygens (including phenoxy) is 1. The van der Waals surface area contributed by atoms with Crippen LogP contribution >= 0.6 is 0 Å². The lowest BCUT2D eigenvalue weighted by Gasteiger charge is -2.23. The van der Waals surface area contributed by atoms with E-state index >= 15 is 0 Å². The Kier molecular flexibility index (Phi) is 6.78. The first kappa shape index (κ1) is 14.7. The quantitative estimate of drug-likeness (QED) is 0.695. The zero-order valence-corrected chi connectivity index (χ0v) is 11.5. The number of rotatable bonds is 7. The van der Waals surface area contributed by atoms with Gasteiger partial charge in [-0.2, -0.15) is 0 Å². The molecule has 17 heavy (non-hydrogen) atoms. The predicted molar refractivity (Wildman–Crippen MR) is 70.8 cm³/mol. The first-order valence-corrected chi connectivity index (χ1v) is 6.87. The minimum absolute atomic E-state index is 0.0908. The number of aliphatic hydroxyl groups is 1. The molecule has 1 heterocycles. The Hall–Kier alpha value is -0.380. The number of β-amino-alcohol motifs (C(OH)–C–C–N with tert-alkyl or cyclic N) is 1. The Labute approximate surface area is 105 Å². The molecular formula is C14H27NO2. The van der Waals surface area contributed by atoms with Gasteiger partial charge in [0.25, 0.3) is 0 Å². The van der Waals surface area contributed by atoms with Crippen LogP contribution in [0.1, 0.15) is 40.0 Å². The van der Waals surface area contributed by atoms with Gasteiger partial charge in [0.15, 0.2) is 0 Å². The molecule has 1 aliphatic rings. The van der Waals surface area contributed by atoms with Crippen molar-refractivity contribution < 1.29 is 9.84 Å². The second kappa shape index (κ2) is 7.85. The molecule has 2 atom stereocenters. The predicted octanol–water partition coefficient (Wildman–Crippen LogP) is 2.41. The Bertz CT molecular complexity index is 240. The molecule has 1 fully saturated rings. The van der Waals surface area contributed by atoms with Crippen LogP contribution in [0.5, 0.6) is 0 Å². The van der Waals surface area contributed by atoms with Crippen LogP contribution in [0.4, 0.5) is 0 Å². The van der Waals surface area contributed by atoms with Gasteiger partial charge in [-0.05, 0) is 31.3 Å². The standard InChI is InChI=1S/C14H27NO2/c1-4-6-13(5-2)11-12(3)14-15(7-9-16)8-10-17-14/h11,13-14,16H,4-10H2,1-3H3/b12-11+/t13-,14+/m1/s1. The molecule has 0 aromatic heterocycles. The van der Waals surface area contributed by atoms with Crippen LogP contribution < -0.4 is 0 Å². The fourth-order valence-electron chi connectivity index (χ4n) is 2.51. The molecule has 0 amide bonds. The lowest BCUT2D eigenvalue weighted by molar-refractivity contribution is 0.0543. The molecule has 0 aromatic carbocycles. The molecule has 1 saturated heterocycles. The SMILES string of the molecule is CCC[C@H](/C=C(\C)[C@@H]1OCCN1CCO)CC. The molecule has 1 N–H and O–H groups in total. The first-order valence-electron chi connectivity index (χ1n) is 6.87. The number of aliphatic hydroxyl groups excluding tert-OH is 1. The largest absolute Gasteiger partial charge is 0.395 e. The van der Waals surface area contributed by atoms with Crippen molar-refractivity contribution in [2.24, 2.45) is 5.92 Å². The summed E-state index contributed by atoms with van der Waals surface area (Å²) in [7, 11) is 0. The topological polar surface area (TPSA) is 32.7 Å². The van der Waals surface area contributed by atoms with E-state index in [0.717, 1.165) is 13.2 Å². The highest BCUT2D eigenvalue weighted by molar-refractivity contribution is 5.08. The lowest BCUT2D eigenvalue weighted by Crippen LogP contribution is -2.33. The third kappa shape index (κ3) is 4.41. The van der Waals surface area contributed by atoms with E-state index in [2.05, 4.69) is 31.7 Å². The molecule has 0 saturated carbocycles. The average Bonchev–Trinajstić information content (AvgIpc) is 2.77. The monoisotopic (exact) mass is 241 g/mol. The molecule has 3 nitrogen and oxygen atoms in total. The highest BCUT2D eigenvalue weighted by Gasteiger charge is 2.26. The molecule has 0 radical (unpaired) electrons. The first-order chi connectivity index (χ1) is 8.22. The van der Waals surface area contributed by atoms with Gasteiger partial charge in [0.05, 0.1) is 13.2 Å². The molecule has 100 valence electrons. The van der Waals surface area contributed by atoms with Gasteiger partial charge in [-0.15, -0.1) is 0 Å². The summed E-state index contributed by atoms with van der Waals surface area (Å²) in [6, 6.07) is 0. The van der Waals surface area contributed by atoms with Crippen molar-refractivity contribution in [2.75, 3.05) is 26.3 Å². The van der Waals surface area contributed by atoms with Gasteiger partial charge in [0.1, 0.15) is 6.23 Å². The van der Waals surface area contributed by atoms with Gasteiger partial charge < -0.3 is 9.84 Å². The van der Waals surface area contributed by atoms with Crippen molar-refractivity contribution in [1.82, 2.24) is 4.90 Å². The Morgan fingerprint density at radius 2 is 2.29 bits per heavy atom. The summed E-state index contributed by atoms with van der Waals surface area (Å²) in [5.74, 6) is 0.667. The maximum absolute atomic E-state index is 9.02. The molecule has 0 spiro atoms. The fourth-order valence-corrected chi connectivity index (χ4v) is 2.51. The molecule has 0 bridgehead atoms. The molecule has 0 aliphatic carbocycles. The van der Waals surface area contributed by atoms with Gasteiger partial charge in [0, 0.05) is 13.1 Å². The summed E-state index contributed by atoms with van der Waals surface area (Å²) in [6.45, 7) is 9.25. The van der Waals surface area contributed by atoms with E-state index < -0.39 is 0 Å². The van der Waals surface area contributed by atoms with Crippen LogP contribution in [0.25, 0.3) is 0 Å². The van der Waals surface area contributed by atoms with Crippen molar-refractivity contribution >= 4 is 0 Å². The van der Waals surface area contributed by atoms with E-state index in [4.69, 9.17) is 9.84 Å². The van der Waals surface area contributed by atoms with E-state index in [-0.39, 0.29) is 12.8 Å². The van der Waals surface area contributed by atoms with Crippen LogP contribution in [0.3, 0.4) is 0 Å². The van der Waals surface area contributed by atoms with Crippen LogP contribution in [0.15, 0.2) is 11.6 Å². The highest BCUT2D eigenvalue weighted by atomic mass is 16.5. The van der Waals surface area contributed by atoms with Gasteiger partial charge in [0.2, 0.25) is 0 Å². The molecule has 0 aromatic rings. The summed E-state index contributed by atoms with van der Waals surface area (Å²) in [4.78, 5) is 2.21. The van der Waals surface area contributed by atoms with Crippen molar-refractivity contribution in [3.63, 3.8) is 0 Å². The molecule has 1 rings (SSSR count). The van der Waals surface area contributed by atoms with Gasteiger partial charge >= 0.3 is 0 Å². The minimum atomic E-state index is 0.0908. The normalized spacial score (nSPS) is 24.2. The van der Waals surface area contributed by atoms with Gasteiger partial charge in [-0.3, -0.25) is 4.90 Å². The Morgan fingerprint density at radius 1 is 1.53 bits per heavy atom. The fraction of sp³-hybridized carbons (Fsp3) is 0.857. The molecule has 1 aliphatic heterocycles. The Morgan fingerprint density at radius 3 is 2.88 bits per heavy atom. The lowest BCUT2D eigenvalue weighted by atomic mass is 9.97. The number of allylic oxidation sites excluding steroid dienone is 1. The third-order valence-electron chi connectivity index (χ3n) is 3.45. The van der Waals surface area contributed by atoms with Crippen LogP contribution in [-0.4, -0.2) is 42.5 Å². The van der Waals surface area contributed by atoms with Gasteiger partial charge in [-0.25, -0.2) is 0 Å². The van der Waals surface area contributed by atoms with Crippen molar-refractivity contribution in [1.29, 1.82) is 0 Å². The maximum atomic E-state index is 9.02. The molecule has 0 unspecified atom stereocenters. The zero-order valence-electron chi connectivity index (χ0n) is 11.5. The number of hydrogen-bond acceptors (Lipinski definition) is 3. The number of hydrogen-bond donors (Lipinski definition) is 1. The van der Waals surface area contributed by atoms with E-state index in [1.807, 2.05) is 0 Å². The summed E-state index contributed by atoms with van der Waals surface area (Å²) < 4.78 is 5.75. The summed E-state index contributed by atoms with van der Waals surface area (Å²) in [5, 5.41) is 9.02. The van der Waals surface area contributed by atoms with E-state index in [1.54, 1.807) is 0 Å². The van der Waals surface area contributed by atoms with Crippen LogP contribution in [0, 0.1) is 5.92 Å². The van der Waals surface area contributed by atoms with Gasteiger partial charge in [-0.1, -0.05) is 26.3 Å². The third-order valence-corrected chi connectivity index (χ3v) is 3.45. The zero-order chi connectivity index (χ0) is 12.7. The molecular weight excluding hydrogens is 214 g/mol. The average molecular weight is 241 g/mol. The van der Waals surface area contributed by atoms with Crippen molar-refractivity contribution in [2.45, 2.75) is 46.3 Å². The van der Waals surface area contributed by atoms with E-state index in [0.29, 0.717) is 12.5 Å². The van der Waals surface area contributed by atoms with E-state index in [1.165, 1.54) is 24.8 Å².